The average molecular weight is 413 g/mol. The van der Waals surface area contributed by atoms with Crippen molar-refractivity contribution >= 4 is 23.2 Å². The average Bonchev–Trinajstić information content (AvgIpc) is 3.27. The third-order valence-corrected chi connectivity index (χ3v) is 6.52. The molecule has 0 bridgehead atoms. The van der Waals surface area contributed by atoms with Crippen molar-refractivity contribution in [3.8, 4) is 0 Å². The Morgan fingerprint density at radius 3 is 2.62 bits per heavy atom. The van der Waals surface area contributed by atoms with Gasteiger partial charge in [-0.2, -0.15) is 0 Å². The Morgan fingerprint density at radius 2 is 1.97 bits per heavy atom. The number of guanidine groups is 1. The number of nitrogens with zero attached hydrogens (tertiary/aromatic N) is 3. The van der Waals surface area contributed by atoms with Gasteiger partial charge in [0, 0.05) is 38.6 Å². The normalized spacial score (nSPS) is 15.4. The van der Waals surface area contributed by atoms with Crippen molar-refractivity contribution < 1.29 is 4.79 Å². The second-order valence-corrected chi connectivity index (χ2v) is 8.70. The van der Waals surface area contributed by atoms with E-state index in [4.69, 9.17) is 0 Å². The van der Waals surface area contributed by atoms with Crippen LogP contribution >= 0.6 is 11.3 Å². The van der Waals surface area contributed by atoms with Gasteiger partial charge in [0.1, 0.15) is 0 Å². The quantitative estimate of drug-likeness (QED) is 0.561. The van der Waals surface area contributed by atoms with Gasteiger partial charge in [-0.3, -0.25) is 9.79 Å². The number of likely N-dealkylation sites (tertiary alicyclic amines) is 1. The maximum absolute atomic E-state index is 12.6. The summed E-state index contributed by atoms with van der Waals surface area (Å²) in [5.74, 6) is 1.61. The fourth-order valence-corrected chi connectivity index (χ4v) is 4.52. The fourth-order valence-electron chi connectivity index (χ4n) is 3.82. The summed E-state index contributed by atoms with van der Waals surface area (Å²) in [5, 5.41) is 5.34. The molecule has 1 N–H and O–H groups in total. The zero-order valence-corrected chi connectivity index (χ0v) is 18.3. The molecule has 1 amide bonds. The number of likely N-dealkylation sites (N-methyl/N-ethyl adjacent to an activating group) is 1. The highest BCUT2D eigenvalue weighted by Gasteiger charge is 2.23. The molecule has 0 saturated carbocycles. The Labute approximate surface area is 178 Å². The molecule has 1 aromatic carbocycles. The van der Waals surface area contributed by atoms with Gasteiger partial charge >= 0.3 is 0 Å². The number of aliphatic imine (C=N–C) groups is 1. The first kappa shape index (κ1) is 21.4. The van der Waals surface area contributed by atoms with Crippen LogP contribution in [0.4, 0.5) is 0 Å². The van der Waals surface area contributed by atoms with E-state index in [9.17, 15) is 4.79 Å². The first-order chi connectivity index (χ1) is 14.2. The summed E-state index contributed by atoms with van der Waals surface area (Å²) in [4.78, 5) is 22.4. The number of hydrogen-bond donors (Lipinski definition) is 1. The van der Waals surface area contributed by atoms with E-state index in [1.807, 2.05) is 11.9 Å². The molecule has 3 rings (SSSR count). The van der Waals surface area contributed by atoms with Crippen molar-refractivity contribution in [2.24, 2.45) is 10.9 Å². The molecule has 0 unspecified atom stereocenters. The molecular formula is C23H32N4OS. The van der Waals surface area contributed by atoms with Gasteiger partial charge in [-0.15, -0.1) is 11.3 Å². The van der Waals surface area contributed by atoms with Crippen LogP contribution in [0.1, 0.15) is 23.3 Å². The Morgan fingerprint density at radius 1 is 1.21 bits per heavy atom. The van der Waals surface area contributed by atoms with E-state index in [0.29, 0.717) is 12.5 Å². The van der Waals surface area contributed by atoms with Gasteiger partial charge < -0.3 is 15.1 Å². The predicted octanol–water partition coefficient (Wildman–Crippen LogP) is 3.28. The lowest BCUT2D eigenvalue weighted by atomic mass is 9.90. The molecule has 1 aromatic heterocycles. The van der Waals surface area contributed by atoms with Crippen LogP contribution in [0.5, 0.6) is 0 Å². The molecule has 0 radical (unpaired) electrons. The highest BCUT2D eigenvalue weighted by Crippen LogP contribution is 2.21. The second-order valence-electron chi connectivity index (χ2n) is 7.67. The number of benzene rings is 1. The minimum atomic E-state index is 0.163. The molecule has 5 nitrogen and oxygen atoms in total. The smallest absolute Gasteiger partial charge is 0.241 e. The Bertz CT molecular complexity index is 767. The molecule has 6 heteroatoms. The van der Waals surface area contributed by atoms with Crippen LogP contribution < -0.4 is 5.32 Å². The minimum absolute atomic E-state index is 0.163. The van der Waals surface area contributed by atoms with Crippen LogP contribution in [0, 0.1) is 5.92 Å². The molecule has 1 aliphatic heterocycles. The number of carbonyl (C=O) groups excluding carboxylic acids is 1. The lowest BCUT2D eigenvalue weighted by Crippen LogP contribution is -2.47. The number of nitrogens with one attached hydrogen (secondary N) is 1. The van der Waals surface area contributed by atoms with E-state index in [1.165, 1.54) is 10.4 Å². The zero-order valence-electron chi connectivity index (χ0n) is 17.5. The van der Waals surface area contributed by atoms with Crippen molar-refractivity contribution in [3.05, 3.63) is 58.3 Å². The van der Waals surface area contributed by atoms with E-state index in [0.717, 1.165) is 51.3 Å². The van der Waals surface area contributed by atoms with Crippen molar-refractivity contribution in [3.63, 3.8) is 0 Å². The van der Waals surface area contributed by atoms with Crippen molar-refractivity contribution in [1.82, 2.24) is 15.1 Å². The van der Waals surface area contributed by atoms with Gasteiger partial charge in [0.15, 0.2) is 5.96 Å². The summed E-state index contributed by atoms with van der Waals surface area (Å²) >= 11 is 1.77. The number of amides is 1. The topological polar surface area (TPSA) is 47.9 Å². The number of hydrogen-bond acceptors (Lipinski definition) is 3. The monoisotopic (exact) mass is 412 g/mol. The summed E-state index contributed by atoms with van der Waals surface area (Å²) in [7, 11) is 3.78. The van der Waals surface area contributed by atoms with E-state index < -0.39 is 0 Å². The summed E-state index contributed by atoms with van der Waals surface area (Å²) in [6.45, 7) is 2.88. The highest BCUT2D eigenvalue weighted by atomic mass is 32.1. The molecule has 1 fully saturated rings. The lowest BCUT2D eigenvalue weighted by molar-refractivity contribution is -0.131. The molecule has 29 heavy (non-hydrogen) atoms. The summed E-state index contributed by atoms with van der Waals surface area (Å²) in [6, 6.07) is 14.9. The van der Waals surface area contributed by atoms with Gasteiger partial charge in [-0.05, 0) is 48.6 Å². The van der Waals surface area contributed by atoms with Crippen molar-refractivity contribution in [1.29, 1.82) is 0 Å². The van der Waals surface area contributed by atoms with E-state index >= 15 is 0 Å². The molecule has 1 saturated heterocycles. The number of carbonyl (C=O) groups is 1. The van der Waals surface area contributed by atoms with Gasteiger partial charge in [-0.25, -0.2) is 0 Å². The number of rotatable bonds is 7. The predicted molar refractivity (Wildman–Crippen MR) is 121 cm³/mol. The van der Waals surface area contributed by atoms with Crippen LogP contribution in [0.2, 0.25) is 0 Å². The second kappa shape index (κ2) is 11.0. The Hall–Kier alpha value is -2.34. The maximum atomic E-state index is 12.6. The molecule has 0 aliphatic carbocycles. The standard InChI is InChI=1S/C23H32N4OS/c1-24-23(26(2)13-12-21-9-6-16-29-21)25-18-22(28)27-14-10-20(11-15-27)17-19-7-4-3-5-8-19/h3-9,16,20H,10-15,17-18H2,1-2H3,(H,24,25). The molecule has 2 aromatic rings. The molecule has 156 valence electrons. The molecule has 2 heterocycles. The molecular weight excluding hydrogens is 380 g/mol. The molecule has 0 atom stereocenters. The molecule has 0 spiro atoms. The summed E-state index contributed by atoms with van der Waals surface area (Å²) in [6.07, 6.45) is 4.26. The van der Waals surface area contributed by atoms with Gasteiger partial charge in [-0.1, -0.05) is 36.4 Å². The zero-order chi connectivity index (χ0) is 20.5. The van der Waals surface area contributed by atoms with E-state index in [1.54, 1.807) is 18.4 Å². The van der Waals surface area contributed by atoms with Crippen molar-refractivity contribution in [2.75, 3.05) is 40.3 Å². The minimum Gasteiger partial charge on any atom is -0.347 e. The molecule has 1 aliphatic rings. The van der Waals surface area contributed by atoms with Gasteiger partial charge in [0.25, 0.3) is 0 Å². The third-order valence-electron chi connectivity index (χ3n) is 5.58. The van der Waals surface area contributed by atoms with Crippen molar-refractivity contribution in [2.45, 2.75) is 25.7 Å². The summed E-state index contributed by atoms with van der Waals surface area (Å²) < 4.78 is 0. The van der Waals surface area contributed by atoms with Gasteiger partial charge in [0.2, 0.25) is 5.91 Å². The van der Waals surface area contributed by atoms with Crippen LogP contribution in [-0.2, 0) is 17.6 Å². The SMILES string of the molecule is CN=C(NCC(=O)N1CCC(Cc2ccccc2)CC1)N(C)CCc1cccs1. The van der Waals surface area contributed by atoms with Crippen LogP contribution in [0.15, 0.2) is 52.8 Å². The number of piperidine rings is 1. The third kappa shape index (κ3) is 6.60. The van der Waals surface area contributed by atoms with Crippen LogP contribution in [0.25, 0.3) is 0 Å². The van der Waals surface area contributed by atoms with E-state index in [-0.39, 0.29) is 5.91 Å². The van der Waals surface area contributed by atoms with Crippen LogP contribution in [-0.4, -0.2) is 61.9 Å². The van der Waals surface area contributed by atoms with Gasteiger partial charge in [0.05, 0.1) is 6.54 Å². The fraction of sp³-hybridized carbons (Fsp3) is 0.478. The maximum Gasteiger partial charge on any atom is 0.241 e. The Balaban J connectivity index is 1.38. The largest absolute Gasteiger partial charge is 0.347 e. The summed E-state index contributed by atoms with van der Waals surface area (Å²) in [5.41, 5.74) is 1.40. The van der Waals surface area contributed by atoms with E-state index in [2.05, 4.69) is 63.1 Å². The lowest BCUT2D eigenvalue weighted by Gasteiger charge is -2.32. The highest BCUT2D eigenvalue weighted by molar-refractivity contribution is 7.09. The first-order valence-corrected chi connectivity index (χ1v) is 11.3. The first-order valence-electron chi connectivity index (χ1n) is 10.4. The van der Waals surface area contributed by atoms with Crippen LogP contribution in [0.3, 0.4) is 0 Å². The Kier molecular flexibility index (Phi) is 8.11. The number of thiophene rings is 1.